The Morgan fingerprint density at radius 1 is 0.569 bits per heavy atom. The van der Waals surface area contributed by atoms with Gasteiger partial charge >= 0.3 is 5.97 Å². The molecule has 0 saturated heterocycles. The van der Waals surface area contributed by atoms with Crippen molar-refractivity contribution in [3.63, 3.8) is 0 Å². The molecule has 0 bridgehead atoms. The van der Waals surface area contributed by atoms with Crippen molar-refractivity contribution < 1.29 is 24.5 Å². The van der Waals surface area contributed by atoms with Crippen molar-refractivity contribution in [2.45, 2.75) is 244 Å². The highest BCUT2D eigenvalue weighted by molar-refractivity contribution is 5.77. The number of hydrogen-bond acceptors (Lipinski definition) is 5. The zero-order chi connectivity index (χ0) is 37.5. The molecular formula is C45H85NO5. The molecule has 0 aliphatic rings. The number of esters is 1. The molecule has 0 aliphatic heterocycles. The lowest BCUT2D eigenvalue weighted by Gasteiger charge is -2.24. The Hall–Kier alpha value is -1.66. The van der Waals surface area contributed by atoms with Crippen LogP contribution in [0.25, 0.3) is 0 Å². The summed E-state index contributed by atoms with van der Waals surface area (Å²) < 4.78 is 5.87. The van der Waals surface area contributed by atoms with Crippen LogP contribution >= 0.6 is 0 Å². The van der Waals surface area contributed by atoms with Crippen molar-refractivity contribution in [3.05, 3.63) is 24.3 Å². The molecule has 3 atom stereocenters. The van der Waals surface area contributed by atoms with Gasteiger partial charge in [0, 0.05) is 6.42 Å². The number of unbranched alkanes of at least 4 members (excludes halogenated alkanes) is 24. The number of carbonyl (C=O) groups excluding carboxylic acids is 2. The molecule has 0 aliphatic carbocycles. The number of carbonyl (C=O) groups is 2. The average Bonchev–Trinajstić information content (AvgIpc) is 3.12. The van der Waals surface area contributed by atoms with Crippen LogP contribution in [0.4, 0.5) is 0 Å². The Morgan fingerprint density at radius 3 is 1.49 bits per heavy atom. The van der Waals surface area contributed by atoms with E-state index in [0.29, 0.717) is 19.3 Å². The van der Waals surface area contributed by atoms with Crippen LogP contribution in [0.3, 0.4) is 0 Å². The maximum Gasteiger partial charge on any atom is 0.306 e. The first-order valence-electron chi connectivity index (χ1n) is 22.1. The van der Waals surface area contributed by atoms with Gasteiger partial charge in [0.15, 0.2) is 0 Å². The molecule has 6 nitrogen and oxygen atoms in total. The second-order valence-corrected chi connectivity index (χ2v) is 15.1. The number of rotatable bonds is 39. The van der Waals surface area contributed by atoms with Gasteiger partial charge in [0.05, 0.1) is 25.2 Å². The molecule has 51 heavy (non-hydrogen) atoms. The summed E-state index contributed by atoms with van der Waals surface area (Å²) in [5, 5.41) is 23.5. The van der Waals surface area contributed by atoms with Crippen molar-refractivity contribution in [2.24, 2.45) is 0 Å². The monoisotopic (exact) mass is 720 g/mol. The molecule has 0 radical (unpaired) electrons. The minimum Gasteiger partial charge on any atom is -0.462 e. The molecule has 0 fully saturated rings. The van der Waals surface area contributed by atoms with E-state index < -0.39 is 18.2 Å². The number of nitrogens with one attached hydrogen (secondary N) is 1. The van der Waals surface area contributed by atoms with E-state index in [1.165, 1.54) is 122 Å². The fourth-order valence-corrected chi connectivity index (χ4v) is 6.66. The van der Waals surface area contributed by atoms with Crippen molar-refractivity contribution in [1.29, 1.82) is 0 Å². The van der Waals surface area contributed by atoms with Crippen molar-refractivity contribution in [2.75, 3.05) is 6.61 Å². The maximum atomic E-state index is 13.0. The molecule has 300 valence electrons. The zero-order valence-electron chi connectivity index (χ0n) is 34.0. The van der Waals surface area contributed by atoms with Gasteiger partial charge in [-0.2, -0.15) is 0 Å². The Bertz CT molecular complexity index is 812. The summed E-state index contributed by atoms with van der Waals surface area (Å²) in [4.78, 5) is 25.8. The lowest BCUT2D eigenvalue weighted by Crippen LogP contribution is -2.46. The van der Waals surface area contributed by atoms with Crippen LogP contribution in [0.15, 0.2) is 24.3 Å². The molecule has 0 heterocycles. The molecule has 1 amide bonds. The third-order valence-corrected chi connectivity index (χ3v) is 10.1. The summed E-state index contributed by atoms with van der Waals surface area (Å²) in [6, 6.07) is -0.695. The van der Waals surface area contributed by atoms with E-state index in [9.17, 15) is 19.8 Å². The van der Waals surface area contributed by atoms with Gasteiger partial charge in [0.2, 0.25) is 5.91 Å². The van der Waals surface area contributed by atoms with Crippen LogP contribution < -0.4 is 5.32 Å². The van der Waals surface area contributed by atoms with Crippen molar-refractivity contribution in [1.82, 2.24) is 5.32 Å². The lowest BCUT2D eigenvalue weighted by molar-refractivity contribution is -0.151. The SMILES string of the molecule is CCCCC/C=C/C=C/CCCCCCCCC(=O)OC(CCCCCCCCCC)CC(=O)NC(CO)C(O)CCCCCCCCCCC. The summed E-state index contributed by atoms with van der Waals surface area (Å²) in [5.41, 5.74) is 0. The van der Waals surface area contributed by atoms with E-state index in [2.05, 4.69) is 50.4 Å². The van der Waals surface area contributed by atoms with Gasteiger partial charge in [0.25, 0.3) is 0 Å². The van der Waals surface area contributed by atoms with E-state index in [0.717, 1.165) is 57.8 Å². The summed E-state index contributed by atoms with van der Waals surface area (Å²) in [6.07, 6.45) is 42.4. The van der Waals surface area contributed by atoms with Gasteiger partial charge in [-0.05, 0) is 51.4 Å². The molecule has 0 aromatic carbocycles. The normalized spacial score (nSPS) is 13.6. The van der Waals surface area contributed by atoms with Crippen molar-refractivity contribution in [3.8, 4) is 0 Å². The second kappa shape index (κ2) is 39.5. The van der Waals surface area contributed by atoms with Crippen LogP contribution in [-0.2, 0) is 14.3 Å². The molecule has 0 spiro atoms. The first-order valence-corrected chi connectivity index (χ1v) is 22.1. The lowest BCUT2D eigenvalue weighted by atomic mass is 10.0. The van der Waals surface area contributed by atoms with Crippen LogP contribution in [0, 0.1) is 0 Å². The molecule has 6 heteroatoms. The molecule has 0 aromatic rings. The highest BCUT2D eigenvalue weighted by Crippen LogP contribution is 2.17. The summed E-state index contributed by atoms with van der Waals surface area (Å²) in [7, 11) is 0. The van der Waals surface area contributed by atoms with Gasteiger partial charge in [-0.25, -0.2) is 0 Å². The van der Waals surface area contributed by atoms with Crippen LogP contribution in [0.2, 0.25) is 0 Å². The first-order chi connectivity index (χ1) is 25.0. The fraction of sp³-hybridized carbons (Fsp3) is 0.867. The number of hydrogen-bond donors (Lipinski definition) is 3. The molecule has 0 saturated carbocycles. The molecule has 3 unspecified atom stereocenters. The Labute approximate surface area is 316 Å². The van der Waals surface area contributed by atoms with Gasteiger partial charge in [-0.1, -0.05) is 186 Å². The highest BCUT2D eigenvalue weighted by Gasteiger charge is 2.24. The quantitative estimate of drug-likeness (QED) is 0.0334. The van der Waals surface area contributed by atoms with E-state index in [-0.39, 0.29) is 24.9 Å². The average molecular weight is 720 g/mol. The van der Waals surface area contributed by atoms with E-state index in [1.54, 1.807) is 0 Å². The van der Waals surface area contributed by atoms with Crippen LogP contribution in [-0.4, -0.2) is 46.9 Å². The zero-order valence-corrected chi connectivity index (χ0v) is 34.0. The topological polar surface area (TPSA) is 95.9 Å². The van der Waals surface area contributed by atoms with Gasteiger partial charge in [-0.15, -0.1) is 0 Å². The summed E-state index contributed by atoms with van der Waals surface area (Å²) >= 11 is 0. The van der Waals surface area contributed by atoms with E-state index >= 15 is 0 Å². The van der Waals surface area contributed by atoms with E-state index in [1.807, 2.05) is 0 Å². The third kappa shape index (κ3) is 35.2. The molecule has 0 aromatic heterocycles. The smallest absolute Gasteiger partial charge is 0.306 e. The number of ether oxygens (including phenoxy) is 1. The molecule has 3 N–H and O–H groups in total. The summed E-state index contributed by atoms with van der Waals surface area (Å²) in [6.45, 7) is 6.40. The Balaban J connectivity index is 4.50. The minimum absolute atomic E-state index is 0.0760. The third-order valence-electron chi connectivity index (χ3n) is 10.1. The maximum absolute atomic E-state index is 13.0. The standard InChI is InChI=1S/C45H85NO5/c1-4-7-10-13-16-19-20-21-22-23-24-26-29-32-35-38-45(50)51-41(36-33-30-27-18-15-12-9-6-3)39-44(49)46-42(40-47)43(48)37-34-31-28-25-17-14-11-8-5-2/h16,19-21,41-43,47-48H,4-15,17-18,22-40H2,1-3H3,(H,46,49)/b19-16+,21-20+. The largest absolute Gasteiger partial charge is 0.462 e. The number of allylic oxidation sites excluding steroid dienone is 4. The Morgan fingerprint density at radius 2 is 0.980 bits per heavy atom. The van der Waals surface area contributed by atoms with Gasteiger partial charge in [-0.3, -0.25) is 9.59 Å². The number of aliphatic hydroxyl groups is 2. The predicted molar refractivity (Wildman–Crippen MR) is 218 cm³/mol. The number of amides is 1. The molecule has 0 rings (SSSR count). The minimum atomic E-state index is -0.782. The summed E-state index contributed by atoms with van der Waals surface area (Å²) in [5.74, 6) is -0.486. The van der Waals surface area contributed by atoms with Crippen molar-refractivity contribution >= 4 is 11.9 Å². The van der Waals surface area contributed by atoms with Gasteiger partial charge in [0.1, 0.15) is 6.10 Å². The van der Waals surface area contributed by atoms with Gasteiger partial charge < -0.3 is 20.3 Å². The van der Waals surface area contributed by atoms with Crippen LogP contribution in [0.1, 0.15) is 226 Å². The van der Waals surface area contributed by atoms with Crippen LogP contribution in [0.5, 0.6) is 0 Å². The fourth-order valence-electron chi connectivity index (χ4n) is 6.66. The second-order valence-electron chi connectivity index (χ2n) is 15.1. The predicted octanol–water partition coefficient (Wildman–Crippen LogP) is 12.4. The number of aliphatic hydroxyl groups excluding tert-OH is 2. The Kier molecular flexibility index (Phi) is 38.3. The highest BCUT2D eigenvalue weighted by atomic mass is 16.5. The molecular weight excluding hydrogens is 634 g/mol. The first kappa shape index (κ1) is 49.3. The van der Waals surface area contributed by atoms with E-state index in [4.69, 9.17) is 4.74 Å².